The van der Waals surface area contributed by atoms with E-state index in [-0.39, 0.29) is 18.1 Å². The number of likely N-dealkylation sites (N-methyl/N-ethyl adjacent to an activating group) is 1. The molecule has 0 aliphatic carbocycles. The number of nitrogens with zero attached hydrogens (tertiary/aromatic N) is 2. The van der Waals surface area contributed by atoms with Crippen molar-refractivity contribution in [2.45, 2.75) is 44.0 Å². The minimum absolute atomic E-state index is 0.0220. The molecule has 0 spiro atoms. The first-order valence-electron chi connectivity index (χ1n) is 11.7. The Kier molecular flexibility index (Phi) is 7.73. The number of benzene rings is 2. The summed E-state index contributed by atoms with van der Waals surface area (Å²) in [6, 6.07) is 16.2. The molecule has 0 unspecified atom stereocenters. The molecule has 7 nitrogen and oxygen atoms in total. The van der Waals surface area contributed by atoms with Crippen LogP contribution >= 0.6 is 0 Å². The van der Waals surface area contributed by atoms with E-state index in [2.05, 4.69) is 21.2 Å². The van der Waals surface area contributed by atoms with Crippen molar-refractivity contribution in [3.8, 4) is 17.2 Å². The molecular formula is C26H35N3O4. The van der Waals surface area contributed by atoms with Crippen LogP contribution in [0.1, 0.15) is 24.8 Å². The first-order valence-corrected chi connectivity index (χ1v) is 11.7. The molecule has 0 radical (unpaired) electrons. The molecule has 0 aromatic heterocycles. The number of para-hydroxylation sites is 2. The van der Waals surface area contributed by atoms with Crippen LogP contribution < -0.4 is 19.5 Å². The maximum Gasteiger partial charge on any atom is 0.237 e. The van der Waals surface area contributed by atoms with Gasteiger partial charge in [-0.25, -0.2) is 0 Å². The number of methoxy groups -OCH3 is 2. The predicted molar refractivity (Wildman–Crippen MR) is 128 cm³/mol. The second kappa shape index (κ2) is 10.9. The SMILES string of the molecule is CNC(=O)[C@@H]1C[C@H](Oc2ccccc2)CN1C1CCN(Cc2cccc(OC)c2OC)CC1. The Bertz CT molecular complexity index is 915. The quantitative estimate of drug-likeness (QED) is 0.663. The third-order valence-electron chi connectivity index (χ3n) is 6.80. The van der Waals surface area contributed by atoms with Gasteiger partial charge in [-0.15, -0.1) is 0 Å². The lowest BCUT2D eigenvalue weighted by Crippen LogP contribution is -2.50. The first kappa shape index (κ1) is 23.4. The predicted octanol–water partition coefficient (Wildman–Crippen LogP) is 2.94. The number of hydrogen-bond acceptors (Lipinski definition) is 6. The van der Waals surface area contributed by atoms with Gasteiger partial charge in [0.2, 0.25) is 5.91 Å². The Morgan fingerprint density at radius 2 is 1.79 bits per heavy atom. The molecule has 2 aromatic carbocycles. The summed E-state index contributed by atoms with van der Waals surface area (Å²) in [5.74, 6) is 2.52. The third-order valence-corrected chi connectivity index (χ3v) is 6.80. The van der Waals surface area contributed by atoms with Crippen LogP contribution in [0.15, 0.2) is 48.5 Å². The van der Waals surface area contributed by atoms with Crippen molar-refractivity contribution < 1.29 is 19.0 Å². The van der Waals surface area contributed by atoms with E-state index in [1.54, 1.807) is 21.3 Å². The molecule has 2 aromatic rings. The highest BCUT2D eigenvalue weighted by Gasteiger charge is 2.42. The van der Waals surface area contributed by atoms with Crippen LogP contribution in [0.4, 0.5) is 0 Å². The number of likely N-dealkylation sites (tertiary alicyclic amines) is 2. The molecule has 33 heavy (non-hydrogen) atoms. The van der Waals surface area contributed by atoms with Gasteiger partial charge >= 0.3 is 0 Å². The molecule has 2 aliphatic rings. The maximum absolute atomic E-state index is 12.7. The van der Waals surface area contributed by atoms with E-state index in [0.717, 1.165) is 68.3 Å². The fourth-order valence-corrected chi connectivity index (χ4v) is 5.15. The van der Waals surface area contributed by atoms with Gasteiger partial charge in [0.1, 0.15) is 11.9 Å². The van der Waals surface area contributed by atoms with Crippen molar-refractivity contribution in [3.63, 3.8) is 0 Å². The van der Waals surface area contributed by atoms with E-state index in [1.807, 2.05) is 42.5 Å². The minimum Gasteiger partial charge on any atom is -0.493 e. The number of ether oxygens (including phenoxy) is 3. The Balaban J connectivity index is 1.38. The third kappa shape index (κ3) is 5.42. The lowest BCUT2D eigenvalue weighted by Gasteiger charge is -2.38. The van der Waals surface area contributed by atoms with E-state index < -0.39 is 0 Å². The smallest absolute Gasteiger partial charge is 0.237 e. The Morgan fingerprint density at radius 3 is 2.45 bits per heavy atom. The highest BCUT2D eigenvalue weighted by molar-refractivity contribution is 5.82. The van der Waals surface area contributed by atoms with E-state index in [1.165, 1.54) is 0 Å². The average molecular weight is 454 g/mol. The maximum atomic E-state index is 12.7. The van der Waals surface area contributed by atoms with Gasteiger partial charge in [0.15, 0.2) is 11.5 Å². The number of piperidine rings is 1. The van der Waals surface area contributed by atoms with Gasteiger partial charge in [0.25, 0.3) is 0 Å². The highest BCUT2D eigenvalue weighted by Crippen LogP contribution is 2.33. The van der Waals surface area contributed by atoms with E-state index in [4.69, 9.17) is 14.2 Å². The van der Waals surface area contributed by atoms with E-state index >= 15 is 0 Å². The molecule has 178 valence electrons. The molecular weight excluding hydrogens is 418 g/mol. The summed E-state index contributed by atoms with van der Waals surface area (Å²) in [6.07, 6.45) is 2.79. The summed E-state index contributed by atoms with van der Waals surface area (Å²) in [5, 5.41) is 2.85. The zero-order valence-electron chi connectivity index (χ0n) is 19.8. The van der Waals surface area contributed by atoms with E-state index in [9.17, 15) is 4.79 Å². The van der Waals surface area contributed by atoms with Gasteiger partial charge in [-0.1, -0.05) is 30.3 Å². The molecule has 1 amide bonds. The molecule has 7 heteroatoms. The molecule has 4 rings (SSSR count). The zero-order valence-corrected chi connectivity index (χ0v) is 19.8. The second-order valence-electron chi connectivity index (χ2n) is 8.78. The highest BCUT2D eigenvalue weighted by atomic mass is 16.5. The van der Waals surface area contributed by atoms with Gasteiger partial charge in [0, 0.05) is 38.2 Å². The fourth-order valence-electron chi connectivity index (χ4n) is 5.15. The first-order chi connectivity index (χ1) is 16.1. The number of amides is 1. The van der Waals surface area contributed by atoms with Crippen molar-refractivity contribution in [3.05, 3.63) is 54.1 Å². The van der Waals surface area contributed by atoms with Crippen molar-refractivity contribution in [1.29, 1.82) is 0 Å². The topological polar surface area (TPSA) is 63.3 Å². The summed E-state index contributed by atoms with van der Waals surface area (Å²) in [7, 11) is 5.07. The van der Waals surface area contributed by atoms with Gasteiger partial charge < -0.3 is 19.5 Å². The lowest BCUT2D eigenvalue weighted by atomic mass is 10.0. The zero-order chi connectivity index (χ0) is 23.2. The molecule has 2 heterocycles. The van der Waals surface area contributed by atoms with Gasteiger partial charge in [0.05, 0.1) is 20.3 Å². The summed E-state index contributed by atoms with van der Waals surface area (Å²) in [4.78, 5) is 17.5. The number of carbonyl (C=O) groups is 1. The molecule has 2 atom stereocenters. The number of rotatable bonds is 8. The Morgan fingerprint density at radius 1 is 1.03 bits per heavy atom. The van der Waals surface area contributed by atoms with Crippen LogP contribution in [0.5, 0.6) is 17.2 Å². The van der Waals surface area contributed by atoms with Gasteiger partial charge in [-0.3, -0.25) is 14.6 Å². The minimum atomic E-state index is -0.140. The summed E-state index contributed by atoms with van der Waals surface area (Å²) in [5.41, 5.74) is 1.14. The lowest BCUT2D eigenvalue weighted by molar-refractivity contribution is -0.126. The fraction of sp³-hybridized carbons (Fsp3) is 0.500. The number of carbonyl (C=O) groups excluding carboxylic acids is 1. The largest absolute Gasteiger partial charge is 0.493 e. The van der Waals surface area contributed by atoms with Crippen LogP contribution in [-0.2, 0) is 11.3 Å². The van der Waals surface area contributed by atoms with Crippen LogP contribution in [0.2, 0.25) is 0 Å². The Labute approximate surface area is 196 Å². The normalized spacial score (nSPS) is 22.2. The number of nitrogens with one attached hydrogen (secondary N) is 1. The monoisotopic (exact) mass is 453 g/mol. The van der Waals surface area contributed by atoms with Crippen LogP contribution in [0.25, 0.3) is 0 Å². The molecule has 0 saturated carbocycles. The van der Waals surface area contributed by atoms with Crippen LogP contribution in [0.3, 0.4) is 0 Å². The standard InChI is InChI=1S/C26H35N3O4/c1-27-26(30)23-16-22(33-21-9-5-4-6-10-21)18-29(23)20-12-14-28(15-13-20)17-19-8-7-11-24(31-2)25(19)32-3/h4-11,20,22-23H,12-18H2,1-3H3,(H,27,30)/t22-,23-/m0/s1. The van der Waals surface area contributed by atoms with E-state index in [0.29, 0.717) is 6.04 Å². The molecule has 2 aliphatic heterocycles. The van der Waals surface area contributed by atoms with Gasteiger partial charge in [-0.05, 0) is 44.1 Å². The average Bonchev–Trinajstić information content (AvgIpc) is 3.28. The summed E-state index contributed by atoms with van der Waals surface area (Å²) in [6.45, 7) is 3.56. The van der Waals surface area contributed by atoms with Crippen molar-refractivity contribution in [1.82, 2.24) is 15.1 Å². The molecule has 0 bridgehead atoms. The summed E-state index contributed by atoms with van der Waals surface area (Å²) < 4.78 is 17.3. The summed E-state index contributed by atoms with van der Waals surface area (Å²) >= 11 is 0. The van der Waals surface area contributed by atoms with Crippen LogP contribution in [-0.4, -0.2) is 74.8 Å². The second-order valence-corrected chi connectivity index (χ2v) is 8.78. The molecule has 2 saturated heterocycles. The van der Waals surface area contributed by atoms with Crippen LogP contribution in [0, 0.1) is 0 Å². The molecule has 1 N–H and O–H groups in total. The Hall–Kier alpha value is -2.77. The van der Waals surface area contributed by atoms with Crippen molar-refractivity contribution in [2.24, 2.45) is 0 Å². The molecule has 2 fully saturated rings. The van der Waals surface area contributed by atoms with Gasteiger partial charge in [-0.2, -0.15) is 0 Å². The number of hydrogen-bond donors (Lipinski definition) is 1. The van der Waals surface area contributed by atoms with Crippen molar-refractivity contribution in [2.75, 3.05) is 40.9 Å². The van der Waals surface area contributed by atoms with Crippen molar-refractivity contribution >= 4 is 5.91 Å².